The van der Waals surface area contributed by atoms with Gasteiger partial charge >= 0.3 is 0 Å². The zero-order valence-corrected chi connectivity index (χ0v) is 17.9. The topological polar surface area (TPSA) is 93.4 Å². The van der Waals surface area contributed by atoms with E-state index in [0.717, 1.165) is 43.9 Å². The van der Waals surface area contributed by atoms with Crippen molar-refractivity contribution in [3.63, 3.8) is 0 Å². The number of fused-ring (bicyclic) bond motifs is 1. The van der Waals surface area contributed by atoms with Crippen molar-refractivity contribution >= 4 is 34.1 Å². The number of piperazine rings is 1. The molecule has 0 atom stereocenters. The molecule has 0 aliphatic carbocycles. The monoisotopic (exact) mass is 420 g/mol. The number of likely N-dealkylation sites (N-methyl/N-ethyl adjacent to an activating group) is 1. The summed E-state index contributed by atoms with van der Waals surface area (Å²) in [5, 5.41) is 13.4. The lowest BCUT2D eigenvalue weighted by Gasteiger charge is -2.32. The fourth-order valence-electron chi connectivity index (χ4n) is 3.66. The number of aromatic nitrogens is 2. The van der Waals surface area contributed by atoms with Crippen LogP contribution in [0.3, 0.4) is 0 Å². The number of anilines is 2. The Balaban J connectivity index is 1.42. The van der Waals surface area contributed by atoms with Crippen molar-refractivity contribution in [3.8, 4) is 0 Å². The fourth-order valence-corrected chi connectivity index (χ4v) is 3.66. The van der Waals surface area contributed by atoms with Gasteiger partial charge in [0.05, 0.1) is 5.52 Å². The van der Waals surface area contributed by atoms with Gasteiger partial charge in [0.25, 0.3) is 5.91 Å². The summed E-state index contributed by atoms with van der Waals surface area (Å²) in [7, 11) is 2.15. The number of nitrogens with one attached hydrogen (secondary N) is 3. The molecule has 3 N–H and O–H groups in total. The Morgan fingerprint density at radius 3 is 2.42 bits per heavy atom. The minimum absolute atomic E-state index is 0.0782. The summed E-state index contributed by atoms with van der Waals surface area (Å²) in [6.07, 6.45) is 0.390. The van der Waals surface area contributed by atoms with Crippen LogP contribution in [0.25, 0.3) is 10.9 Å². The smallest absolute Gasteiger partial charge is 0.276 e. The SMILES string of the molecule is CCC(=O)Nc1ccc2[nH]nc(C(=O)Nc3ccc(CN4CCN(C)CC4)cc3)c2c1. The van der Waals surface area contributed by atoms with Crippen molar-refractivity contribution in [2.75, 3.05) is 43.9 Å². The van der Waals surface area contributed by atoms with Gasteiger partial charge in [0, 0.05) is 55.9 Å². The normalized spacial score (nSPS) is 15.2. The van der Waals surface area contributed by atoms with Gasteiger partial charge in [0.15, 0.2) is 5.69 Å². The molecule has 2 amide bonds. The van der Waals surface area contributed by atoms with Crippen molar-refractivity contribution in [1.82, 2.24) is 20.0 Å². The minimum Gasteiger partial charge on any atom is -0.326 e. The van der Waals surface area contributed by atoms with E-state index < -0.39 is 0 Å². The molecule has 1 aromatic heterocycles. The van der Waals surface area contributed by atoms with Crippen LogP contribution in [0.4, 0.5) is 11.4 Å². The van der Waals surface area contributed by atoms with E-state index in [9.17, 15) is 9.59 Å². The highest BCUT2D eigenvalue weighted by atomic mass is 16.2. The molecule has 3 aromatic rings. The Bertz CT molecular complexity index is 1070. The molecular weight excluding hydrogens is 392 g/mol. The van der Waals surface area contributed by atoms with E-state index >= 15 is 0 Å². The Morgan fingerprint density at radius 2 is 1.71 bits per heavy atom. The van der Waals surface area contributed by atoms with E-state index in [4.69, 9.17) is 0 Å². The van der Waals surface area contributed by atoms with Gasteiger partial charge in [0.2, 0.25) is 5.91 Å². The van der Waals surface area contributed by atoms with Crippen LogP contribution in [0.5, 0.6) is 0 Å². The molecule has 0 saturated carbocycles. The van der Waals surface area contributed by atoms with Crippen molar-refractivity contribution in [2.45, 2.75) is 19.9 Å². The van der Waals surface area contributed by atoms with Gasteiger partial charge < -0.3 is 15.5 Å². The van der Waals surface area contributed by atoms with Crippen molar-refractivity contribution in [2.24, 2.45) is 0 Å². The number of carbonyl (C=O) groups is 2. The minimum atomic E-state index is -0.294. The van der Waals surface area contributed by atoms with Gasteiger partial charge in [-0.3, -0.25) is 19.6 Å². The van der Waals surface area contributed by atoms with Crippen LogP contribution in [0.1, 0.15) is 29.4 Å². The second-order valence-corrected chi connectivity index (χ2v) is 7.96. The fraction of sp³-hybridized carbons (Fsp3) is 0.348. The number of carbonyl (C=O) groups excluding carboxylic acids is 2. The number of aromatic amines is 1. The lowest BCUT2D eigenvalue weighted by molar-refractivity contribution is -0.115. The molecule has 1 fully saturated rings. The van der Waals surface area contributed by atoms with Gasteiger partial charge in [-0.1, -0.05) is 19.1 Å². The molecule has 162 valence electrons. The highest BCUT2D eigenvalue weighted by molar-refractivity contribution is 6.11. The largest absolute Gasteiger partial charge is 0.326 e. The quantitative estimate of drug-likeness (QED) is 0.570. The van der Waals surface area contributed by atoms with E-state index in [1.54, 1.807) is 25.1 Å². The number of rotatable bonds is 6. The maximum atomic E-state index is 12.8. The molecular formula is C23H28N6O2. The second kappa shape index (κ2) is 9.28. The number of benzene rings is 2. The van der Waals surface area contributed by atoms with Crippen LogP contribution in [-0.4, -0.2) is 65.0 Å². The molecule has 8 heteroatoms. The molecule has 2 heterocycles. The zero-order valence-electron chi connectivity index (χ0n) is 17.9. The average molecular weight is 421 g/mol. The second-order valence-electron chi connectivity index (χ2n) is 7.96. The van der Waals surface area contributed by atoms with Crippen molar-refractivity contribution in [1.29, 1.82) is 0 Å². The zero-order chi connectivity index (χ0) is 21.8. The Morgan fingerprint density at radius 1 is 1.00 bits per heavy atom. The number of amides is 2. The Kier molecular flexibility index (Phi) is 6.29. The predicted octanol–water partition coefficient (Wildman–Crippen LogP) is 2.91. The van der Waals surface area contributed by atoms with Crippen molar-refractivity contribution in [3.05, 3.63) is 53.7 Å². The molecule has 0 bridgehead atoms. The van der Waals surface area contributed by atoms with E-state index in [1.165, 1.54) is 5.56 Å². The molecule has 8 nitrogen and oxygen atoms in total. The molecule has 2 aromatic carbocycles. The highest BCUT2D eigenvalue weighted by Crippen LogP contribution is 2.22. The van der Waals surface area contributed by atoms with Crippen molar-refractivity contribution < 1.29 is 9.59 Å². The first kappa shape index (κ1) is 21.0. The predicted molar refractivity (Wildman–Crippen MR) is 122 cm³/mol. The van der Waals surface area contributed by atoms with Gasteiger partial charge in [-0.25, -0.2) is 0 Å². The van der Waals surface area contributed by atoms with Gasteiger partial charge in [-0.15, -0.1) is 0 Å². The van der Waals surface area contributed by atoms with Crippen LogP contribution >= 0.6 is 0 Å². The lowest BCUT2D eigenvalue weighted by Crippen LogP contribution is -2.43. The summed E-state index contributed by atoms with van der Waals surface area (Å²) in [5.41, 5.74) is 3.62. The average Bonchev–Trinajstić information content (AvgIpc) is 3.20. The Labute approximate surface area is 181 Å². The summed E-state index contributed by atoms with van der Waals surface area (Å²) < 4.78 is 0. The maximum Gasteiger partial charge on any atom is 0.276 e. The lowest BCUT2D eigenvalue weighted by atomic mass is 10.1. The molecule has 1 saturated heterocycles. The molecule has 1 aliphatic rings. The standard InChI is InChI=1S/C23H28N6O2/c1-3-21(30)24-18-8-9-20-19(14-18)22(27-26-20)23(31)25-17-6-4-16(5-7-17)15-29-12-10-28(2)11-13-29/h4-9,14H,3,10-13,15H2,1-2H3,(H,24,30)(H,25,31)(H,26,27). The third-order valence-electron chi connectivity index (χ3n) is 5.60. The van der Waals surface area contributed by atoms with E-state index in [1.807, 2.05) is 12.1 Å². The number of hydrogen-bond acceptors (Lipinski definition) is 5. The first-order valence-corrected chi connectivity index (χ1v) is 10.6. The summed E-state index contributed by atoms with van der Waals surface area (Å²) in [6.45, 7) is 7.04. The Hall–Kier alpha value is -3.23. The highest BCUT2D eigenvalue weighted by Gasteiger charge is 2.16. The van der Waals surface area contributed by atoms with E-state index in [0.29, 0.717) is 23.2 Å². The third-order valence-corrected chi connectivity index (χ3v) is 5.60. The first-order valence-electron chi connectivity index (χ1n) is 10.6. The number of H-pyrrole nitrogens is 1. The molecule has 1 aliphatic heterocycles. The molecule has 4 rings (SSSR count). The number of nitrogens with zero attached hydrogens (tertiary/aromatic N) is 3. The first-order chi connectivity index (χ1) is 15.0. The van der Waals surface area contributed by atoms with Crippen LogP contribution < -0.4 is 10.6 Å². The summed E-state index contributed by atoms with van der Waals surface area (Å²) >= 11 is 0. The van der Waals surface area contributed by atoms with Gasteiger partial charge in [0.1, 0.15) is 0 Å². The van der Waals surface area contributed by atoms with Crippen LogP contribution in [-0.2, 0) is 11.3 Å². The summed E-state index contributed by atoms with van der Waals surface area (Å²) in [4.78, 5) is 29.3. The van der Waals surface area contributed by atoms with Gasteiger partial charge in [-0.2, -0.15) is 5.10 Å². The molecule has 0 radical (unpaired) electrons. The van der Waals surface area contributed by atoms with E-state index in [-0.39, 0.29) is 11.8 Å². The summed E-state index contributed by atoms with van der Waals surface area (Å²) in [6, 6.07) is 13.3. The van der Waals surface area contributed by atoms with Gasteiger partial charge in [-0.05, 0) is 42.9 Å². The van der Waals surface area contributed by atoms with Crippen LogP contribution in [0, 0.1) is 0 Å². The van der Waals surface area contributed by atoms with Crippen LogP contribution in [0.15, 0.2) is 42.5 Å². The van der Waals surface area contributed by atoms with E-state index in [2.05, 4.69) is 49.8 Å². The third kappa shape index (κ3) is 5.10. The number of hydrogen-bond donors (Lipinski definition) is 3. The van der Waals surface area contributed by atoms with Crippen LogP contribution in [0.2, 0.25) is 0 Å². The molecule has 0 unspecified atom stereocenters. The molecule has 0 spiro atoms. The maximum absolute atomic E-state index is 12.8. The summed E-state index contributed by atoms with van der Waals surface area (Å²) in [5.74, 6) is -0.373. The molecule has 31 heavy (non-hydrogen) atoms.